The Morgan fingerprint density at radius 3 is 2.54 bits per heavy atom. The van der Waals surface area contributed by atoms with Gasteiger partial charge in [-0.25, -0.2) is 0 Å². The van der Waals surface area contributed by atoms with Crippen LogP contribution in [0.5, 0.6) is 0 Å². The first-order chi connectivity index (χ1) is 12.1. The van der Waals surface area contributed by atoms with E-state index < -0.39 is 8.32 Å². The highest BCUT2D eigenvalue weighted by Gasteiger charge is 2.52. The van der Waals surface area contributed by atoms with Crippen LogP contribution >= 0.6 is 0 Å². The molecule has 26 heavy (non-hydrogen) atoms. The Labute approximate surface area is 162 Å². The average molecular weight is 381 g/mol. The third-order valence-electron chi connectivity index (χ3n) is 6.97. The topological polar surface area (TPSA) is 35.5 Å². The standard InChI is InChI=1S/C22H40O3Si/c1-8-9-10-11-16(25-26(6,7)22(2,3)4)12-13-17-18-15-21(24-5)19(17)14-20(18)23/h12-13,16-19,21H,8-11,14-15H2,1-7H3. The van der Waals surface area contributed by atoms with Crippen LogP contribution in [0.3, 0.4) is 0 Å². The number of ketones is 1. The first-order valence-corrected chi connectivity index (χ1v) is 13.4. The Morgan fingerprint density at radius 2 is 1.96 bits per heavy atom. The Hall–Kier alpha value is -0.453. The molecule has 2 saturated carbocycles. The van der Waals surface area contributed by atoms with Gasteiger partial charge >= 0.3 is 0 Å². The van der Waals surface area contributed by atoms with Gasteiger partial charge in [0.25, 0.3) is 0 Å². The zero-order chi connectivity index (χ0) is 19.5. The van der Waals surface area contributed by atoms with Crippen molar-refractivity contribution in [3.63, 3.8) is 0 Å². The molecule has 5 unspecified atom stereocenters. The Bertz CT molecular complexity index is 506. The summed E-state index contributed by atoms with van der Waals surface area (Å²) in [4.78, 5) is 12.2. The average Bonchev–Trinajstić information content (AvgIpc) is 3.03. The first-order valence-electron chi connectivity index (χ1n) is 10.5. The smallest absolute Gasteiger partial charge is 0.192 e. The number of unbranched alkanes of at least 4 members (excludes halogenated alkanes) is 2. The summed E-state index contributed by atoms with van der Waals surface area (Å²) in [5.41, 5.74) is 0. The monoisotopic (exact) mass is 380 g/mol. The van der Waals surface area contributed by atoms with Crippen molar-refractivity contribution in [2.24, 2.45) is 17.8 Å². The van der Waals surface area contributed by atoms with E-state index in [-0.39, 0.29) is 23.2 Å². The third kappa shape index (κ3) is 4.88. The molecule has 150 valence electrons. The summed E-state index contributed by atoms with van der Waals surface area (Å²) in [6.07, 6.45) is 11.4. The second kappa shape index (κ2) is 8.70. The van der Waals surface area contributed by atoms with Crippen molar-refractivity contribution >= 4 is 14.1 Å². The van der Waals surface area contributed by atoms with Crippen molar-refractivity contribution in [3.8, 4) is 0 Å². The predicted octanol–water partition coefficient (Wildman–Crippen LogP) is 5.75. The zero-order valence-electron chi connectivity index (χ0n) is 18.0. The molecule has 0 aromatic heterocycles. The summed E-state index contributed by atoms with van der Waals surface area (Å²) in [5.74, 6) is 1.33. The molecule has 2 rings (SSSR count). The van der Waals surface area contributed by atoms with Crippen LogP contribution in [0.2, 0.25) is 18.1 Å². The van der Waals surface area contributed by atoms with Crippen LogP contribution in [-0.4, -0.2) is 33.4 Å². The summed E-state index contributed by atoms with van der Waals surface area (Å²) >= 11 is 0. The number of hydrogen-bond acceptors (Lipinski definition) is 3. The van der Waals surface area contributed by atoms with E-state index in [1.165, 1.54) is 19.3 Å². The van der Waals surface area contributed by atoms with Gasteiger partial charge in [0.05, 0.1) is 12.2 Å². The second-order valence-corrected chi connectivity index (χ2v) is 14.6. The van der Waals surface area contributed by atoms with Crippen molar-refractivity contribution in [3.05, 3.63) is 12.2 Å². The fourth-order valence-corrected chi connectivity index (χ4v) is 5.58. The molecule has 0 radical (unpaired) electrons. The molecular weight excluding hydrogens is 340 g/mol. The van der Waals surface area contributed by atoms with Gasteiger partial charge < -0.3 is 9.16 Å². The largest absolute Gasteiger partial charge is 0.411 e. The van der Waals surface area contributed by atoms with Crippen LogP contribution in [0.1, 0.15) is 66.2 Å². The predicted molar refractivity (Wildman–Crippen MR) is 111 cm³/mol. The molecule has 0 aromatic rings. The number of hydrogen-bond donors (Lipinski definition) is 0. The number of methoxy groups -OCH3 is 1. The Morgan fingerprint density at radius 1 is 1.27 bits per heavy atom. The van der Waals surface area contributed by atoms with E-state index >= 15 is 0 Å². The van der Waals surface area contributed by atoms with E-state index in [9.17, 15) is 4.79 Å². The minimum atomic E-state index is -1.80. The van der Waals surface area contributed by atoms with E-state index in [1.807, 2.05) is 0 Å². The molecule has 0 saturated heterocycles. The summed E-state index contributed by atoms with van der Waals surface area (Å²) in [6.45, 7) is 13.8. The number of fused-ring (bicyclic) bond motifs is 2. The molecule has 0 N–H and O–H groups in total. The maximum Gasteiger partial charge on any atom is 0.192 e. The van der Waals surface area contributed by atoms with Gasteiger partial charge in [-0.3, -0.25) is 4.79 Å². The molecular formula is C22H40O3Si. The van der Waals surface area contributed by atoms with E-state index in [4.69, 9.17) is 9.16 Å². The number of allylic oxidation sites excluding steroid dienone is 1. The number of rotatable bonds is 9. The SMILES string of the molecule is CCCCCC(C=CC1C2CC(OC)C1CC2=O)O[Si](C)(C)C(C)(C)C. The maximum atomic E-state index is 12.2. The molecule has 2 bridgehead atoms. The van der Waals surface area contributed by atoms with Gasteiger partial charge in [-0.15, -0.1) is 0 Å². The lowest BCUT2D eigenvalue weighted by molar-refractivity contribution is -0.123. The van der Waals surface area contributed by atoms with Gasteiger partial charge in [0.1, 0.15) is 5.78 Å². The molecule has 4 heteroatoms. The van der Waals surface area contributed by atoms with Crippen molar-refractivity contribution < 1.29 is 14.0 Å². The minimum Gasteiger partial charge on any atom is -0.411 e. The number of carbonyl (C=O) groups is 1. The number of Topliss-reactive ketones (excluding diaryl/α,β-unsaturated/α-hetero) is 1. The molecule has 2 aliphatic rings. The van der Waals surface area contributed by atoms with Gasteiger partial charge in [0.2, 0.25) is 0 Å². The zero-order valence-corrected chi connectivity index (χ0v) is 19.0. The highest BCUT2D eigenvalue weighted by atomic mass is 28.4. The summed E-state index contributed by atoms with van der Waals surface area (Å²) < 4.78 is 12.3. The number of ether oxygens (including phenoxy) is 1. The molecule has 2 fully saturated rings. The van der Waals surface area contributed by atoms with Crippen LogP contribution in [-0.2, 0) is 14.0 Å². The molecule has 0 aliphatic heterocycles. The van der Waals surface area contributed by atoms with Crippen molar-refractivity contribution in [1.82, 2.24) is 0 Å². The van der Waals surface area contributed by atoms with Gasteiger partial charge in [-0.2, -0.15) is 0 Å². The molecule has 3 nitrogen and oxygen atoms in total. The van der Waals surface area contributed by atoms with Crippen molar-refractivity contribution in [2.75, 3.05) is 7.11 Å². The number of carbonyl (C=O) groups excluding carboxylic acids is 1. The molecule has 0 spiro atoms. The Balaban J connectivity index is 2.08. The van der Waals surface area contributed by atoms with Gasteiger partial charge in [-0.1, -0.05) is 59.1 Å². The van der Waals surface area contributed by atoms with Crippen LogP contribution in [0.25, 0.3) is 0 Å². The van der Waals surface area contributed by atoms with Crippen molar-refractivity contribution in [1.29, 1.82) is 0 Å². The fourth-order valence-electron chi connectivity index (χ4n) is 4.27. The van der Waals surface area contributed by atoms with E-state index in [0.717, 1.165) is 12.8 Å². The first kappa shape index (κ1) is 21.8. The molecule has 2 aliphatic carbocycles. The Kier molecular flexibility index (Phi) is 7.31. The molecule has 5 atom stereocenters. The van der Waals surface area contributed by atoms with Gasteiger partial charge in [0, 0.05) is 19.4 Å². The van der Waals surface area contributed by atoms with Crippen LogP contribution in [0.4, 0.5) is 0 Å². The lowest BCUT2D eigenvalue weighted by Crippen LogP contribution is -2.43. The van der Waals surface area contributed by atoms with E-state index in [1.54, 1.807) is 7.11 Å². The van der Waals surface area contributed by atoms with Gasteiger partial charge in [0.15, 0.2) is 8.32 Å². The summed E-state index contributed by atoms with van der Waals surface area (Å²) in [5, 5.41) is 0.216. The third-order valence-corrected chi connectivity index (χ3v) is 11.5. The lowest BCUT2D eigenvalue weighted by Gasteiger charge is -2.38. The van der Waals surface area contributed by atoms with E-state index in [0.29, 0.717) is 24.0 Å². The summed E-state index contributed by atoms with van der Waals surface area (Å²) in [7, 11) is -0.0176. The molecule has 0 amide bonds. The molecule has 0 aromatic carbocycles. The van der Waals surface area contributed by atoms with Gasteiger partial charge in [-0.05, 0) is 42.8 Å². The summed E-state index contributed by atoms with van der Waals surface area (Å²) in [6, 6.07) is 0. The van der Waals surface area contributed by atoms with E-state index in [2.05, 4.69) is 52.9 Å². The van der Waals surface area contributed by atoms with Crippen molar-refractivity contribution in [2.45, 2.75) is 96.6 Å². The molecule has 0 heterocycles. The quantitative estimate of drug-likeness (QED) is 0.290. The second-order valence-electron chi connectivity index (χ2n) is 9.83. The minimum absolute atomic E-state index is 0.172. The normalized spacial score (nSPS) is 30.5. The lowest BCUT2D eigenvalue weighted by atomic mass is 9.95. The highest BCUT2D eigenvalue weighted by molar-refractivity contribution is 6.74. The van der Waals surface area contributed by atoms with Crippen LogP contribution in [0, 0.1) is 17.8 Å². The highest BCUT2D eigenvalue weighted by Crippen LogP contribution is 2.49. The maximum absolute atomic E-state index is 12.2. The fraction of sp³-hybridized carbons (Fsp3) is 0.864. The van der Waals surface area contributed by atoms with Crippen LogP contribution < -0.4 is 0 Å². The van der Waals surface area contributed by atoms with Crippen LogP contribution in [0.15, 0.2) is 12.2 Å².